The number of fused-ring (bicyclic) bond motifs is 1. The lowest BCUT2D eigenvalue weighted by molar-refractivity contribution is -0.118. The number of carbonyl (C=O) groups excluding carboxylic acids is 1. The van der Waals surface area contributed by atoms with Crippen molar-refractivity contribution in [1.29, 1.82) is 0 Å². The Balaban J connectivity index is 1.36. The first kappa shape index (κ1) is 21.9. The van der Waals surface area contributed by atoms with Crippen molar-refractivity contribution in [2.24, 2.45) is 0 Å². The molecule has 1 aliphatic heterocycles. The van der Waals surface area contributed by atoms with Gasteiger partial charge < -0.3 is 25.7 Å². The highest BCUT2D eigenvalue weighted by molar-refractivity contribution is 5.93. The molecule has 1 aromatic carbocycles. The van der Waals surface area contributed by atoms with Crippen LogP contribution in [0.2, 0.25) is 0 Å². The van der Waals surface area contributed by atoms with Crippen LogP contribution in [0, 0.1) is 6.92 Å². The summed E-state index contributed by atoms with van der Waals surface area (Å²) < 4.78 is 5.75. The summed E-state index contributed by atoms with van der Waals surface area (Å²) in [6, 6.07) is 9.56. The van der Waals surface area contributed by atoms with Gasteiger partial charge in [-0.25, -0.2) is 19.9 Å². The summed E-state index contributed by atoms with van der Waals surface area (Å²) in [6.45, 7) is 4.28. The van der Waals surface area contributed by atoms with Crippen molar-refractivity contribution in [3.63, 3.8) is 0 Å². The third-order valence-electron chi connectivity index (χ3n) is 5.70. The Hall–Kier alpha value is -3.89. The maximum atomic E-state index is 12.6. The standard InChI is InChI=1S/C24H26N8O2/c1-15-5-6-16(31-20(33)11-17-12-25-7-3-9-34-17)10-19(15)32-23-18(4-2-8-26-23)21-22-24(29-13-27-21)30-14-28-22/h2,4-6,8,10,13-14,17,25H,3,7,9,11-12H2,1H3,(H,26,32)(H,31,33)(H,27,28,29,30). The highest BCUT2D eigenvalue weighted by Gasteiger charge is 2.17. The summed E-state index contributed by atoms with van der Waals surface area (Å²) >= 11 is 0. The van der Waals surface area contributed by atoms with Gasteiger partial charge in [-0.2, -0.15) is 0 Å². The first-order valence-corrected chi connectivity index (χ1v) is 11.3. The van der Waals surface area contributed by atoms with E-state index in [1.54, 1.807) is 12.5 Å². The van der Waals surface area contributed by atoms with Crippen molar-refractivity contribution in [3.8, 4) is 11.3 Å². The normalized spacial score (nSPS) is 16.2. The molecule has 1 saturated heterocycles. The van der Waals surface area contributed by atoms with Crippen molar-refractivity contribution in [1.82, 2.24) is 30.2 Å². The molecular formula is C24H26N8O2. The number of nitrogens with zero attached hydrogens (tertiary/aromatic N) is 4. The van der Waals surface area contributed by atoms with Crippen LogP contribution in [0.25, 0.3) is 22.4 Å². The highest BCUT2D eigenvalue weighted by atomic mass is 16.5. The largest absolute Gasteiger partial charge is 0.376 e. The van der Waals surface area contributed by atoms with Crippen molar-refractivity contribution in [2.45, 2.75) is 25.9 Å². The number of benzene rings is 1. The zero-order chi connectivity index (χ0) is 23.3. The summed E-state index contributed by atoms with van der Waals surface area (Å²) in [7, 11) is 0. The van der Waals surface area contributed by atoms with Gasteiger partial charge in [0.05, 0.1) is 18.9 Å². The molecule has 1 fully saturated rings. The van der Waals surface area contributed by atoms with Crippen LogP contribution in [-0.4, -0.2) is 56.6 Å². The summed E-state index contributed by atoms with van der Waals surface area (Å²) in [5, 5.41) is 9.70. The molecule has 10 heteroatoms. The van der Waals surface area contributed by atoms with Gasteiger partial charge >= 0.3 is 0 Å². The minimum Gasteiger partial charge on any atom is -0.376 e. The number of rotatable bonds is 6. The third kappa shape index (κ3) is 4.87. The van der Waals surface area contributed by atoms with Crippen LogP contribution in [-0.2, 0) is 9.53 Å². The van der Waals surface area contributed by atoms with Gasteiger partial charge in [0.15, 0.2) is 5.65 Å². The van der Waals surface area contributed by atoms with Gasteiger partial charge in [-0.15, -0.1) is 0 Å². The lowest BCUT2D eigenvalue weighted by atomic mass is 10.1. The van der Waals surface area contributed by atoms with E-state index in [1.165, 1.54) is 6.33 Å². The molecule has 4 heterocycles. The fraction of sp³-hybridized carbons (Fsp3) is 0.292. The van der Waals surface area contributed by atoms with Crippen LogP contribution in [0.15, 0.2) is 49.2 Å². The van der Waals surface area contributed by atoms with E-state index in [2.05, 4.69) is 40.9 Å². The first-order valence-electron chi connectivity index (χ1n) is 11.3. The zero-order valence-electron chi connectivity index (χ0n) is 18.8. The van der Waals surface area contributed by atoms with E-state index in [0.717, 1.165) is 35.3 Å². The lowest BCUT2D eigenvalue weighted by Gasteiger charge is -2.16. The topological polar surface area (TPSA) is 130 Å². The van der Waals surface area contributed by atoms with Gasteiger partial charge in [-0.1, -0.05) is 6.07 Å². The summed E-state index contributed by atoms with van der Waals surface area (Å²) in [5.41, 5.74) is 5.40. The summed E-state index contributed by atoms with van der Waals surface area (Å²) in [5.74, 6) is 0.561. The van der Waals surface area contributed by atoms with Crippen molar-refractivity contribution < 1.29 is 9.53 Å². The Kier molecular flexibility index (Phi) is 6.41. The molecule has 1 unspecified atom stereocenters. The lowest BCUT2D eigenvalue weighted by Crippen LogP contribution is -2.30. The van der Waals surface area contributed by atoms with Gasteiger partial charge in [0.25, 0.3) is 0 Å². The quantitative estimate of drug-likeness (QED) is 0.347. The number of H-pyrrole nitrogens is 1. The van der Waals surface area contributed by atoms with E-state index in [1.807, 2.05) is 37.3 Å². The molecule has 1 aliphatic rings. The maximum Gasteiger partial charge on any atom is 0.227 e. The highest BCUT2D eigenvalue weighted by Crippen LogP contribution is 2.32. The molecule has 0 radical (unpaired) electrons. The number of anilines is 3. The van der Waals surface area contributed by atoms with E-state index >= 15 is 0 Å². The van der Waals surface area contributed by atoms with Crippen molar-refractivity contribution in [3.05, 3.63) is 54.7 Å². The molecule has 4 aromatic rings. The van der Waals surface area contributed by atoms with E-state index in [4.69, 9.17) is 4.74 Å². The number of nitrogens with one attached hydrogen (secondary N) is 4. The van der Waals surface area contributed by atoms with Gasteiger partial charge in [-0.3, -0.25) is 4.79 Å². The van der Waals surface area contributed by atoms with Gasteiger partial charge in [0, 0.05) is 36.3 Å². The molecule has 3 aromatic heterocycles. The van der Waals surface area contributed by atoms with E-state index in [-0.39, 0.29) is 12.0 Å². The molecular weight excluding hydrogens is 432 g/mol. The Morgan fingerprint density at radius 2 is 2.15 bits per heavy atom. The molecule has 174 valence electrons. The van der Waals surface area contributed by atoms with Crippen molar-refractivity contribution >= 4 is 34.3 Å². The number of aromatic amines is 1. The van der Waals surface area contributed by atoms with Crippen LogP contribution in [0.1, 0.15) is 18.4 Å². The molecule has 34 heavy (non-hydrogen) atoms. The van der Waals surface area contributed by atoms with Crippen LogP contribution < -0.4 is 16.0 Å². The molecule has 0 bridgehead atoms. The van der Waals surface area contributed by atoms with Crippen LogP contribution in [0.5, 0.6) is 0 Å². The predicted octanol–water partition coefficient (Wildman–Crippen LogP) is 3.17. The minimum absolute atomic E-state index is 0.0790. The predicted molar refractivity (Wildman–Crippen MR) is 130 cm³/mol. The fourth-order valence-corrected chi connectivity index (χ4v) is 3.95. The fourth-order valence-electron chi connectivity index (χ4n) is 3.95. The maximum absolute atomic E-state index is 12.6. The Labute approximate surface area is 196 Å². The molecule has 4 N–H and O–H groups in total. The molecule has 5 rings (SSSR count). The molecule has 0 aliphatic carbocycles. The zero-order valence-corrected chi connectivity index (χ0v) is 18.8. The van der Waals surface area contributed by atoms with E-state index in [0.29, 0.717) is 42.4 Å². The van der Waals surface area contributed by atoms with Gasteiger partial charge in [0.2, 0.25) is 5.91 Å². The van der Waals surface area contributed by atoms with Crippen LogP contribution >= 0.6 is 0 Å². The number of aromatic nitrogens is 5. The summed E-state index contributed by atoms with van der Waals surface area (Å²) in [6.07, 6.45) is 5.96. The number of aryl methyl sites for hydroxylation is 1. The first-order chi connectivity index (χ1) is 16.7. The monoisotopic (exact) mass is 458 g/mol. The van der Waals surface area contributed by atoms with E-state index < -0.39 is 0 Å². The number of carbonyl (C=O) groups is 1. The van der Waals surface area contributed by atoms with Crippen molar-refractivity contribution in [2.75, 3.05) is 30.3 Å². The Morgan fingerprint density at radius 3 is 3.09 bits per heavy atom. The van der Waals surface area contributed by atoms with Gasteiger partial charge in [-0.05, 0) is 49.7 Å². The second-order valence-corrected chi connectivity index (χ2v) is 8.18. The van der Waals surface area contributed by atoms with E-state index in [9.17, 15) is 4.79 Å². The number of pyridine rings is 1. The third-order valence-corrected chi connectivity index (χ3v) is 5.70. The second-order valence-electron chi connectivity index (χ2n) is 8.18. The number of hydrogen-bond acceptors (Lipinski definition) is 8. The van der Waals surface area contributed by atoms with Crippen LogP contribution in [0.4, 0.5) is 17.2 Å². The van der Waals surface area contributed by atoms with Crippen LogP contribution in [0.3, 0.4) is 0 Å². The Bertz CT molecular complexity index is 1300. The second kappa shape index (κ2) is 9.94. The average molecular weight is 459 g/mol. The molecule has 0 spiro atoms. The molecule has 0 saturated carbocycles. The van der Waals surface area contributed by atoms with Gasteiger partial charge in [0.1, 0.15) is 23.4 Å². The Morgan fingerprint density at radius 1 is 1.21 bits per heavy atom. The SMILES string of the molecule is Cc1ccc(NC(=O)CC2CNCCCO2)cc1Nc1ncccc1-c1ncnc2nc[nH]c12. The number of imidazole rings is 1. The number of hydrogen-bond donors (Lipinski definition) is 4. The summed E-state index contributed by atoms with van der Waals surface area (Å²) in [4.78, 5) is 33.1. The smallest absolute Gasteiger partial charge is 0.227 e. The number of ether oxygens (including phenoxy) is 1. The molecule has 1 amide bonds. The average Bonchev–Trinajstić information content (AvgIpc) is 3.19. The molecule has 1 atom stereocenters. The minimum atomic E-state index is -0.117. The number of amides is 1. The molecule has 10 nitrogen and oxygen atoms in total.